The van der Waals surface area contributed by atoms with Gasteiger partial charge in [-0.2, -0.15) is 0 Å². The monoisotopic (exact) mass is 415 g/mol. The molecular weight excluding hydrogens is 394 g/mol. The Morgan fingerprint density at radius 2 is 1.93 bits per heavy atom. The van der Waals surface area contributed by atoms with E-state index in [2.05, 4.69) is 21.6 Å². The second-order valence-corrected chi connectivity index (χ2v) is 8.60. The average Bonchev–Trinajstić information content (AvgIpc) is 3.29. The van der Waals surface area contributed by atoms with Crippen molar-refractivity contribution in [2.24, 2.45) is 11.7 Å². The third kappa shape index (κ3) is 4.79. The van der Waals surface area contributed by atoms with Gasteiger partial charge in [0.05, 0.1) is 5.25 Å². The third-order valence-electron chi connectivity index (χ3n) is 3.97. The topological polar surface area (TPSA) is 103 Å². The summed E-state index contributed by atoms with van der Waals surface area (Å²) < 4.78 is 1.96. The van der Waals surface area contributed by atoms with Crippen molar-refractivity contribution in [3.63, 3.8) is 0 Å². The predicted octanol–water partition coefficient (Wildman–Crippen LogP) is 3.23. The number of thiophene rings is 1. The molecule has 3 N–H and O–H groups in total. The lowest BCUT2D eigenvalue weighted by molar-refractivity contribution is -0.120. The summed E-state index contributed by atoms with van der Waals surface area (Å²) in [5.41, 5.74) is 6.03. The Bertz CT molecular complexity index is 939. The Labute approximate surface area is 171 Å². The van der Waals surface area contributed by atoms with E-state index >= 15 is 0 Å². The number of aromatic nitrogens is 3. The summed E-state index contributed by atoms with van der Waals surface area (Å²) in [6, 6.07) is 13.0. The molecule has 2 aromatic heterocycles. The van der Waals surface area contributed by atoms with Crippen LogP contribution in [-0.2, 0) is 11.2 Å². The van der Waals surface area contributed by atoms with Crippen LogP contribution in [0.15, 0.2) is 53.0 Å². The van der Waals surface area contributed by atoms with E-state index in [9.17, 15) is 9.59 Å². The number of imide groups is 1. The summed E-state index contributed by atoms with van der Waals surface area (Å²) in [6.07, 6.45) is 0.639. The summed E-state index contributed by atoms with van der Waals surface area (Å²) in [5.74, 6) is 0.315. The molecule has 0 saturated heterocycles. The summed E-state index contributed by atoms with van der Waals surface area (Å²) >= 11 is 2.93. The van der Waals surface area contributed by atoms with Gasteiger partial charge in [-0.3, -0.25) is 14.7 Å². The summed E-state index contributed by atoms with van der Waals surface area (Å²) in [7, 11) is 0. The molecule has 28 heavy (non-hydrogen) atoms. The number of para-hydroxylation sites is 1. The zero-order valence-corrected chi connectivity index (χ0v) is 17.2. The second-order valence-electron chi connectivity index (χ2n) is 6.46. The number of urea groups is 1. The lowest BCUT2D eigenvalue weighted by Crippen LogP contribution is -2.42. The van der Waals surface area contributed by atoms with Gasteiger partial charge in [0.1, 0.15) is 5.82 Å². The van der Waals surface area contributed by atoms with Crippen LogP contribution in [-0.4, -0.2) is 32.0 Å². The van der Waals surface area contributed by atoms with Gasteiger partial charge in [-0.1, -0.05) is 49.9 Å². The Kier molecular flexibility index (Phi) is 6.48. The van der Waals surface area contributed by atoms with Crippen molar-refractivity contribution in [1.29, 1.82) is 0 Å². The Balaban J connectivity index is 1.96. The summed E-state index contributed by atoms with van der Waals surface area (Å²) in [5, 5.41) is 13.0. The highest BCUT2D eigenvalue weighted by Crippen LogP contribution is 2.30. The van der Waals surface area contributed by atoms with Gasteiger partial charge >= 0.3 is 6.03 Å². The zero-order chi connectivity index (χ0) is 20.1. The molecule has 3 amide bonds. The molecule has 2 heterocycles. The van der Waals surface area contributed by atoms with Crippen molar-refractivity contribution in [1.82, 2.24) is 20.1 Å². The van der Waals surface area contributed by atoms with E-state index in [0.717, 1.165) is 11.5 Å². The van der Waals surface area contributed by atoms with Crippen LogP contribution < -0.4 is 11.1 Å². The molecule has 7 nitrogen and oxygen atoms in total. The molecule has 0 aliphatic heterocycles. The van der Waals surface area contributed by atoms with Gasteiger partial charge in [-0.25, -0.2) is 4.79 Å². The first-order valence-electron chi connectivity index (χ1n) is 8.74. The third-order valence-corrected chi connectivity index (χ3v) is 6.33. The minimum atomic E-state index is -0.862. The minimum Gasteiger partial charge on any atom is -0.351 e. The number of rotatable bonds is 7. The van der Waals surface area contributed by atoms with Gasteiger partial charge in [0.25, 0.3) is 0 Å². The van der Waals surface area contributed by atoms with Crippen molar-refractivity contribution >= 4 is 35.0 Å². The lowest BCUT2D eigenvalue weighted by Gasteiger charge is -2.19. The highest BCUT2D eigenvalue weighted by molar-refractivity contribution is 8.00. The molecule has 146 valence electrons. The van der Waals surface area contributed by atoms with E-state index in [0.29, 0.717) is 11.6 Å². The average molecular weight is 416 g/mol. The van der Waals surface area contributed by atoms with Crippen molar-refractivity contribution < 1.29 is 9.59 Å². The van der Waals surface area contributed by atoms with E-state index in [-0.39, 0.29) is 5.92 Å². The van der Waals surface area contributed by atoms with Crippen LogP contribution >= 0.6 is 23.1 Å². The van der Waals surface area contributed by atoms with Crippen LogP contribution in [0.3, 0.4) is 0 Å². The van der Waals surface area contributed by atoms with E-state index in [1.165, 1.54) is 16.6 Å². The number of nitrogens with zero attached hydrogens (tertiary/aromatic N) is 3. The number of hydrogen-bond donors (Lipinski definition) is 2. The van der Waals surface area contributed by atoms with Crippen LogP contribution in [0.4, 0.5) is 4.79 Å². The van der Waals surface area contributed by atoms with Crippen LogP contribution in [0.25, 0.3) is 5.69 Å². The van der Waals surface area contributed by atoms with Gasteiger partial charge in [0.15, 0.2) is 5.16 Å². The summed E-state index contributed by atoms with van der Waals surface area (Å²) in [6.45, 7) is 3.82. The molecule has 9 heteroatoms. The molecule has 0 saturated carbocycles. The van der Waals surface area contributed by atoms with Crippen LogP contribution in [0.2, 0.25) is 0 Å². The Hall–Kier alpha value is -2.65. The molecular formula is C19H21N5O2S2. The lowest BCUT2D eigenvalue weighted by atomic mass is 10.1. The molecule has 3 aromatic rings. The largest absolute Gasteiger partial charge is 0.351 e. The smallest absolute Gasteiger partial charge is 0.318 e. The van der Waals surface area contributed by atoms with Crippen molar-refractivity contribution in [2.75, 3.05) is 0 Å². The molecule has 1 unspecified atom stereocenters. The van der Waals surface area contributed by atoms with Gasteiger partial charge in [0, 0.05) is 17.0 Å². The number of primary amides is 1. The van der Waals surface area contributed by atoms with Gasteiger partial charge in [-0.05, 0) is 29.5 Å². The molecule has 3 rings (SSSR count). The molecule has 0 radical (unpaired) electrons. The molecule has 0 aliphatic carbocycles. The SMILES string of the molecule is CC(C)C(Sc1nnc(Cc2cccs2)n1-c1ccccc1)C(=O)NC(N)=O. The highest BCUT2D eigenvalue weighted by atomic mass is 32.2. The molecule has 0 fully saturated rings. The van der Waals surface area contributed by atoms with Crippen molar-refractivity contribution in [3.8, 4) is 5.69 Å². The van der Waals surface area contributed by atoms with Gasteiger partial charge in [-0.15, -0.1) is 21.5 Å². The van der Waals surface area contributed by atoms with E-state index in [1.54, 1.807) is 11.3 Å². The number of carbonyl (C=O) groups excluding carboxylic acids is 2. The van der Waals surface area contributed by atoms with Crippen LogP contribution in [0.5, 0.6) is 0 Å². The quantitative estimate of drug-likeness (QED) is 0.577. The van der Waals surface area contributed by atoms with E-state index in [1.807, 2.05) is 60.2 Å². The fourth-order valence-corrected chi connectivity index (χ4v) is 4.47. The number of nitrogens with one attached hydrogen (secondary N) is 1. The number of benzene rings is 1. The number of nitrogens with two attached hydrogens (primary N) is 1. The highest BCUT2D eigenvalue weighted by Gasteiger charge is 2.28. The number of carbonyl (C=O) groups is 2. The molecule has 0 spiro atoms. The van der Waals surface area contributed by atoms with Crippen LogP contribution in [0.1, 0.15) is 24.5 Å². The normalized spacial score (nSPS) is 12.1. The molecule has 1 atom stereocenters. The summed E-state index contributed by atoms with van der Waals surface area (Å²) in [4.78, 5) is 24.7. The minimum absolute atomic E-state index is 0.0361. The van der Waals surface area contributed by atoms with Crippen molar-refractivity contribution in [3.05, 3.63) is 58.5 Å². The van der Waals surface area contributed by atoms with Gasteiger partial charge < -0.3 is 5.73 Å². The maximum absolute atomic E-state index is 12.4. The number of thioether (sulfide) groups is 1. The predicted molar refractivity (Wildman–Crippen MR) is 111 cm³/mol. The molecule has 1 aromatic carbocycles. The fourth-order valence-electron chi connectivity index (χ4n) is 2.70. The van der Waals surface area contributed by atoms with Crippen LogP contribution in [0, 0.1) is 5.92 Å². The maximum atomic E-state index is 12.4. The Morgan fingerprint density at radius 1 is 1.18 bits per heavy atom. The molecule has 0 bridgehead atoms. The van der Waals surface area contributed by atoms with Gasteiger partial charge in [0.2, 0.25) is 5.91 Å². The first kappa shape index (κ1) is 20.1. The number of amides is 3. The van der Waals surface area contributed by atoms with Crippen molar-refractivity contribution in [2.45, 2.75) is 30.7 Å². The number of hydrogen-bond acceptors (Lipinski definition) is 6. The standard InChI is InChI=1S/C19H21N5O2S2/c1-12(2)16(17(25)21-18(20)26)28-19-23-22-15(11-14-9-6-10-27-14)24(19)13-7-4-3-5-8-13/h3-10,12,16H,11H2,1-2H3,(H3,20,21,25,26). The van der Waals surface area contributed by atoms with E-state index < -0.39 is 17.2 Å². The zero-order valence-electron chi connectivity index (χ0n) is 15.5. The second kappa shape index (κ2) is 9.03. The molecule has 0 aliphatic rings. The fraction of sp³-hybridized carbons (Fsp3) is 0.263. The Morgan fingerprint density at radius 3 is 2.54 bits per heavy atom. The first-order chi connectivity index (χ1) is 13.5. The van der Waals surface area contributed by atoms with E-state index in [4.69, 9.17) is 5.73 Å². The maximum Gasteiger partial charge on any atom is 0.318 e. The first-order valence-corrected chi connectivity index (χ1v) is 10.5.